The topological polar surface area (TPSA) is 85.3 Å². The average molecular weight is 405 g/mol. The number of carbonyl (C=O) groups excluding carboxylic acids is 1. The van der Waals surface area contributed by atoms with Gasteiger partial charge < -0.3 is 15.2 Å². The molecular formula is C18H14BrFN2O3. The molecule has 0 atom stereocenters. The second kappa shape index (κ2) is 8.31. The van der Waals surface area contributed by atoms with Crippen LogP contribution in [0.2, 0.25) is 0 Å². The highest BCUT2D eigenvalue weighted by Crippen LogP contribution is 2.35. The molecule has 0 aliphatic heterocycles. The van der Waals surface area contributed by atoms with Gasteiger partial charge in [-0.2, -0.15) is 5.26 Å². The SMILES string of the molecule is COc1cc(/C=C(\C#N)C(N)=O)c(Br)cc1OCc1ccccc1F. The Morgan fingerprint density at radius 1 is 1.36 bits per heavy atom. The third kappa shape index (κ3) is 4.58. The molecule has 2 N–H and O–H groups in total. The lowest BCUT2D eigenvalue weighted by molar-refractivity contribution is -0.114. The Kier molecular flexibility index (Phi) is 6.14. The summed E-state index contributed by atoms with van der Waals surface area (Å²) in [5.41, 5.74) is 5.87. The molecule has 25 heavy (non-hydrogen) atoms. The maximum Gasteiger partial charge on any atom is 0.259 e. The zero-order valence-electron chi connectivity index (χ0n) is 13.3. The Labute approximate surface area is 152 Å². The summed E-state index contributed by atoms with van der Waals surface area (Å²) < 4.78 is 25.1. The molecule has 0 unspecified atom stereocenters. The summed E-state index contributed by atoms with van der Waals surface area (Å²) in [6.45, 7) is 0.0232. The molecule has 128 valence electrons. The van der Waals surface area contributed by atoms with Gasteiger partial charge in [-0.15, -0.1) is 0 Å². The zero-order chi connectivity index (χ0) is 18.4. The van der Waals surface area contributed by atoms with E-state index >= 15 is 0 Å². The van der Waals surface area contributed by atoms with Crippen LogP contribution in [0.4, 0.5) is 4.39 Å². The smallest absolute Gasteiger partial charge is 0.259 e. The number of benzene rings is 2. The molecule has 0 saturated heterocycles. The van der Waals surface area contributed by atoms with Crippen LogP contribution in [-0.4, -0.2) is 13.0 Å². The number of hydrogen-bond acceptors (Lipinski definition) is 4. The van der Waals surface area contributed by atoms with E-state index in [1.807, 2.05) is 0 Å². The highest BCUT2D eigenvalue weighted by atomic mass is 79.9. The van der Waals surface area contributed by atoms with E-state index in [1.54, 1.807) is 36.4 Å². The minimum Gasteiger partial charge on any atom is -0.493 e. The molecule has 0 aliphatic rings. The van der Waals surface area contributed by atoms with Crippen molar-refractivity contribution in [2.24, 2.45) is 5.73 Å². The number of carbonyl (C=O) groups is 1. The van der Waals surface area contributed by atoms with Crippen molar-refractivity contribution in [1.82, 2.24) is 0 Å². The second-order valence-corrected chi connectivity index (χ2v) is 5.79. The van der Waals surface area contributed by atoms with Gasteiger partial charge in [0.2, 0.25) is 0 Å². The number of hydrogen-bond donors (Lipinski definition) is 1. The molecule has 2 aromatic rings. The number of methoxy groups -OCH3 is 1. The average Bonchev–Trinajstić information content (AvgIpc) is 2.59. The van der Waals surface area contributed by atoms with Crippen LogP contribution in [0, 0.1) is 17.1 Å². The third-order valence-corrected chi connectivity index (χ3v) is 4.00. The van der Waals surface area contributed by atoms with Crippen molar-refractivity contribution in [2.75, 3.05) is 7.11 Å². The van der Waals surface area contributed by atoms with Gasteiger partial charge in [-0.1, -0.05) is 34.1 Å². The lowest BCUT2D eigenvalue weighted by Crippen LogP contribution is -2.12. The number of halogens is 2. The second-order valence-electron chi connectivity index (χ2n) is 4.94. The minimum atomic E-state index is -0.826. The van der Waals surface area contributed by atoms with E-state index in [9.17, 15) is 9.18 Å². The number of ether oxygens (including phenoxy) is 2. The van der Waals surface area contributed by atoms with E-state index in [-0.39, 0.29) is 18.0 Å². The molecule has 0 radical (unpaired) electrons. The number of amides is 1. The standard InChI is InChI=1S/C18H14BrFN2O3/c1-24-16-7-12(6-13(9-21)18(22)23)14(19)8-17(16)25-10-11-4-2-3-5-15(11)20/h2-8H,10H2,1H3,(H2,22,23)/b13-6+. The van der Waals surface area contributed by atoms with Crippen molar-refractivity contribution in [1.29, 1.82) is 5.26 Å². The van der Waals surface area contributed by atoms with Crippen LogP contribution >= 0.6 is 15.9 Å². The first-order valence-electron chi connectivity index (χ1n) is 7.11. The van der Waals surface area contributed by atoms with Gasteiger partial charge in [-0.05, 0) is 29.8 Å². The summed E-state index contributed by atoms with van der Waals surface area (Å²) in [7, 11) is 1.45. The van der Waals surface area contributed by atoms with Gasteiger partial charge >= 0.3 is 0 Å². The molecule has 0 spiro atoms. The predicted molar refractivity (Wildman–Crippen MR) is 94.2 cm³/mol. The minimum absolute atomic E-state index is 0.0232. The van der Waals surface area contributed by atoms with Crippen molar-refractivity contribution in [3.05, 3.63) is 63.4 Å². The van der Waals surface area contributed by atoms with Gasteiger partial charge in [0, 0.05) is 10.0 Å². The van der Waals surface area contributed by atoms with Crippen LogP contribution in [0.5, 0.6) is 11.5 Å². The highest BCUT2D eigenvalue weighted by molar-refractivity contribution is 9.10. The Balaban J connectivity index is 2.32. The summed E-state index contributed by atoms with van der Waals surface area (Å²) in [4.78, 5) is 11.2. The fourth-order valence-corrected chi connectivity index (χ4v) is 2.46. The first kappa shape index (κ1) is 18.5. The molecule has 1 amide bonds. The first-order valence-corrected chi connectivity index (χ1v) is 7.91. The first-order chi connectivity index (χ1) is 12.0. The Morgan fingerprint density at radius 2 is 2.08 bits per heavy atom. The third-order valence-electron chi connectivity index (χ3n) is 3.31. The lowest BCUT2D eigenvalue weighted by Gasteiger charge is -2.13. The number of nitrogens with two attached hydrogens (primary N) is 1. The van der Waals surface area contributed by atoms with E-state index in [0.29, 0.717) is 27.1 Å². The zero-order valence-corrected chi connectivity index (χ0v) is 14.8. The number of primary amides is 1. The molecule has 5 nitrogen and oxygen atoms in total. The van der Waals surface area contributed by atoms with Gasteiger partial charge in [0.25, 0.3) is 5.91 Å². The molecular weight excluding hydrogens is 391 g/mol. The molecule has 0 fully saturated rings. The van der Waals surface area contributed by atoms with Crippen LogP contribution < -0.4 is 15.2 Å². The molecule has 0 aliphatic carbocycles. The molecule has 2 rings (SSSR count). The van der Waals surface area contributed by atoms with Crippen molar-refractivity contribution in [3.63, 3.8) is 0 Å². The summed E-state index contributed by atoms with van der Waals surface area (Å²) >= 11 is 3.34. The maximum atomic E-state index is 13.7. The number of rotatable bonds is 6. The van der Waals surface area contributed by atoms with E-state index in [4.69, 9.17) is 20.5 Å². The largest absolute Gasteiger partial charge is 0.493 e. The molecule has 0 heterocycles. The van der Waals surface area contributed by atoms with Gasteiger partial charge in [0.05, 0.1) is 7.11 Å². The summed E-state index contributed by atoms with van der Waals surface area (Å²) in [5.74, 6) is -0.437. The summed E-state index contributed by atoms with van der Waals surface area (Å²) in [6, 6.07) is 11.2. The fraction of sp³-hybridized carbons (Fsp3) is 0.111. The van der Waals surface area contributed by atoms with Crippen molar-refractivity contribution >= 4 is 27.9 Å². The van der Waals surface area contributed by atoms with Crippen LogP contribution in [0.25, 0.3) is 6.08 Å². The Morgan fingerprint density at radius 3 is 2.68 bits per heavy atom. The molecule has 2 aromatic carbocycles. The van der Waals surface area contributed by atoms with Crippen LogP contribution in [-0.2, 0) is 11.4 Å². The predicted octanol–water partition coefficient (Wildman–Crippen LogP) is 3.57. The Hall–Kier alpha value is -2.85. The monoisotopic (exact) mass is 404 g/mol. The molecule has 0 aromatic heterocycles. The quantitative estimate of drug-likeness (QED) is 0.588. The van der Waals surface area contributed by atoms with E-state index in [1.165, 1.54) is 19.3 Å². The van der Waals surface area contributed by atoms with Crippen LogP contribution in [0.1, 0.15) is 11.1 Å². The summed E-state index contributed by atoms with van der Waals surface area (Å²) in [5, 5.41) is 8.94. The Bertz CT molecular complexity index is 875. The normalized spacial score (nSPS) is 10.9. The van der Waals surface area contributed by atoms with Crippen LogP contribution in [0.3, 0.4) is 0 Å². The highest BCUT2D eigenvalue weighted by Gasteiger charge is 2.12. The van der Waals surface area contributed by atoms with Gasteiger partial charge in [-0.25, -0.2) is 4.39 Å². The number of nitrogens with zero attached hydrogens (tertiary/aromatic N) is 1. The van der Waals surface area contributed by atoms with E-state index in [0.717, 1.165) is 0 Å². The lowest BCUT2D eigenvalue weighted by atomic mass is 10.1. The van der Waals surface area contributed by atoms with Gasteiger partial charge in [0.15, 0.2) is 11.5 Å². The van der Waals surface area contributed by atoms with Gasteiger partial charge in [0.1, 0.15) is 24.1 Å². The van der Waals surface area contributed by atoms with Crippen molar-refractivity contribution < 1.29 is 18.7 Å². The molecule has 0 bridgehead atoms. The van der Waals surface area contributed by atoms with Crippen LogP contribution in [0.15, 0.2) is 46.4 Å². The summed E-state index contributed by atoms with van der Waals surface area (Å²) in [6.07, 6.45) is 1.34. The fourth-order valence-electron chi connectivity index (χ4n) is 2.02. The van der Waals surface area contributed by atoms with E-state index in [2.05, 4.69) is 15.9 Å². The maximum absolute atomic E-state index is 13.7. The van der Waals surface area contributed by atoms with E-state index < -0.39 is 5.91 Å². The number of nitriles is 1. The van der Waals surface area contributed by atoms with Crippen molar-refractivity contribution in [2.45, 2.75) is 6.61 Å². The molecule has 0 saturated carbocycles. The van der Waals surface area contributed by atoms with Crippen molar-refractivity contribution in [3.8, 4) is 17.6 Å². The molecule has 7 heteroatoms. The van der Waals surface area contributed by atoms with Gasteiger partial charge in [-0.3, -0.25) is 4.79 Å².